The van der Waals surface area contributed by atoms with Crippen LogP contribution in [0.3, 0.4) is 0 Å². The van der Waals surface area contributed by atoms with Crippen LogP contribution in [0, 0.1) is 17.8 Å². The highest BCUT2D eigenvalue weighted by Gasteiger charge is 2.51. The molecule has 3 fully saturated rings. The van der Waals surface area contributed by atoms with Gasteiger partial charge in [-0.3, -0.25) is 9.59 Å². The van der Waals surface area contributed by atoms with Gasteiger partial charge in [0.2, 0.25) is 11.8 Å². The average Bonchev–Trinajstić information content (AvgIpc) is 3.17. The van der Waals surface area contributed by atoms with Crippen molar-refractivity contribution in [3.63, 3.8) is 0 Å². The van der Waals surface area contributed by atoms with Crippen LogP contribution in [-0.2, 0) is 19.1 Å². The van der Waals surface area contributed by atoms with Crippen LogP contribution in [-0.4, -0.2) is 50.1 Å². The van der Waals surface area contributed by atoms with Gasteiger partial charge in [0.1, 0.15) is 6.04 Å². The first-order chi connectivity index (χ1) is 10.6. The second-order valence-corrected chi connectivity index (χ2v) is 6.50. The quantitative estimate of drug-likeness (QED) is 0.576. The summed E-state index contributed by atoms with van der Waals surface area (Å²) in [7, 11) is 1.30. The Morgan fingerprint density at radius 2 is 2.27 bits per heavy atom. The maximum Gasteiger partial charge on any atom is 0.328 e. The van der Waals surface area contributed by atoms with Crippen molar-refractivity contribution in [1.82, 2.24) is 16.0 Å². The maximum absolute atomic E-state index is 12.4. The number of carbonyl (C=O) groups is 3. The van der Waals surface area contributed by atoms with Crippen molar-refractivity contribution in [2.75, 3.05) is 20.2 Å². The zero-order chi connectivity index (χ0) is 15.7. The van der Waals surface area contributed by atoms with Gasteiger partial charge in [0.15, 0.2) is 0 Å². The standard InChI is InChI=1S/C15H23N3O4/c1-22-15(21)11(6-8-3-2-4-16-13(8)19)18-14(20)12-10-5-9(10)7-17-12/h8-12,17H,2-7H2,1H3,(H,16,19)(H,18,20)/t8?,9-,10-,11?,12-/m0/s1. The number of rotatable bonds is 5. The highest BCUT2D eigenvalue weighted by molar-refractivity contribution is 5.89. The van der Waals surface area contributed by atoms with Crippen molar-refractivity contribution in [2.45, 2.75) is 37.8 Å². The fourth-order valence-electron chi connectivity index (χ4n) is 3.59. The van der Waals surface area contributed by atoms with Crippen molar-refractivity contribution in [2.24, 2.45) is 17.8 Å². The van der Waals surface area contributed by atoms with E-state index in [2.05, 4.69) is 16.0 Å². The van der Waals surface area contributed by atoms with Crippen LogP contribution in [0.1, 0.15) is 25.7 Å². The average molecular weight is 309 g/mol. The van der Waals surface area contributed by atoms with Crippen LogP contribution >= 0.6 is 0 Å². The molecule has 0 radical (unpaired) electrons. The molecular weight excluding hydrogens is 286 g/mol. The van der Waals surface area contributed by atoms with Crippen molar-refractivity contribution in [3.05, 3.63) is 0 Å². The first-order valence-corrected chi connectivity index (χ1v) is 7.99. The van der Waals surface area contributed by atoms with Crippen LogP contribution in [0.2, 0.25) is 0 Å². The molecule has 2 unspecified atom stereocenters. The molecule has 7 heteroatoms. The molecule has 3 rings (SSSR count). The Kier molecular flexibility index (Phi) is 4.33. The molecule has 2 aliphatic heterocycles. The lowest BCUT2D eigenvalue weighted by atomic mass is 9.91. The first-order valence-electron chi connectivity index (χ1n) is 7.99. The summed E-state index contributed by atoms with van der Waals surface area (Å²) in [6.45, 7) is 1.55. The van der Waals surface area contributed by atoms with Gasteiger partial charge in [-0.25, -0.2) is 4.79 Å². The summed E-state index contributed by atoms with van der Waals surface area (Å²) in [5.74, 6) is 0.0698. The summed E-state index contributed by atoms with van der Waals surface area (Å²) in [5.41, 5.74) is 0. The number of hydrogen-bond donors (Lipinski definition) is 3. The van der Waals surface area contributed by atoms with E-state index >= 15 is 0 Å². The molecule has 122 valence electrons. The molecule has 1 aliphatic carbocycles. The van der Waals surface area contributed by atoms with Crippen molar-refractivity contribution in [1.29, 1.82) is 0 Å². The van der Waals surface area contributed by atoms with Crippen LogP contribution < -0.4 is 16.0 Å². The Morgan fingerprint density at radius 3 is 2.86 bits per heavy atom. The molecule has 22 heavy (non-hydrogen) atoms. The SMILES string of the molecule is COC(=O)C(CC1CCCNC1=O)NC(=O)[C@H]1NC[C@@H]2C[C@@H]21. The van der Waals surface area contributed by atoms with Crippen molar-refractivity contribution in [3.8, 4) is 0 Å². The lowest BCUT2D eigenvalue weighted by molar-refractivity contribution is -0.146. The number of ether oxygens (including phenoxy) is 1. The van der Waals surface area contributed by atoms with E-state index in [1.54, 1.807) is 0 Å². The summed E-state index contributed by atoms with van der Waals surface area (Å²) in [6, 6.07) is -0.969. The molecular formula is C15H23N3O4. The number of amides is 2. The lowest BCUT2D eigenvalue weighted by Gasteiger charge is -2.26. The number of methoxy groups -OCH3 is 1. The van der Waals surface area contributed by atoms with Crippen molar-refractivity contribution >= 4 is 17.8 Å². The smallest absolute Gasteiger partial charge is 0.328 e. The predicted molar refractivity (Wildman–Crippen MR) is 77.7 cm³/mol. The third-order valence-electron chi connectivity index (χ3n) is 5.01. The van der Waals surface area contributed by atoms with Gasteiger partial charge >= 0.3 is 5.97 Å². The molecule has 0 aromatic rings. The normalized spacial score (nSPS) is 34.3. The molecule has 0 bridgehead atoms. The largest absolute Gasteiger partial charge is 0.467 e. The van der Waals surface area contributed by atoms with E-state index in [1.165, 1.54) is 7.11 Å². The molecule has 1 saturated carbocycles. The molecule has 2 saturated heterocycles. The molecule has 2 amide bonds. The van der Waals surface area contributed by atoms with Crippen LogP contribution in [0.4, 0.5) is 0 Å². The zero-order valence-corrected chi connectivity index (χ0v) is 12.8. The van der Waals surface area contributed by atoms with Gasteiger partial charge < -0.3 is 20.7 Å². The van der Waals surface area contributed by atoms with Gasteiger partial charge in [-0.2, -0.15) is 0 Å². The molecule has 2 heterocycles. The molecule has 0 spiro atoms. The molecule has 0 aromatic carbocycles. The van der Waals surface area contributed by atoms with E-state index in [1.807, 2.05) is 0 Å². The van der Waals surface area contributed by atoms with Crippen LogP contribution in [0.5, 0.6) is 0 Å². The van der Waals surface area contributed by atoms with E-state index < -0.39 is 12.0 Å². The summed E-state index contributed by atoms with van der Waals surface area (Å²) in [5, 5.41) is 8.77. The van der Waals surface area contributed by atoms with E-state index in [4.69, 9.17) is 4.74 Å². The third-order valence-corrected chi connectivity index (χ3v) is 5.01. The highest BCUT2D eigenvalue weighted by Crippen LogP contribution is 2.45. The maximum atomic E-state index is 12.4. The molecule has 3 aliphatic rings. The van der Waals surface area contributed by atoms with E-state index in [0.717, 1.165) is 25.8 Å². The molecule has 3 N–H and O–H groups in total. The lowest BCUT2D eigenvalue weighted by Crippen LogP contribution is -2.51. The second kappa shape index (κ2) is 6.24. The number of nitrogens with one attached hydrogen (secondary N) is 3. The van der Waals surface area contributed by atoms with Gasteiger partial charge in [-0.05, 0) is 44.1 Å². The second-order valence-electron chi connectivity index (χ2n) is 6.50. The Hall–Kier alpha value is -1.63. The Balaban J connectivity index is 1.60. The third kappa shape index (κ3) is 3.09. The van der Waals surface area contributed by atoms with Gasteiger partial charge in [0.25, 0.3) is 0 Å². The minimum absolute atomic E-state index is 0.0457. The highest BCUT2D eigenvalue weighted by atomic mass is 16.5. The number of hydrogen-bond acceptors (Lipinski definition) is 5. The first kappa shape index (κ1) is 15.3. The topological polar surface area (TPSA) is 96.5 Å². The summed E-state index contributed by atoms with van der Waals surface area (Å²) in [6.07, 6.45) is 3.01. The Labute approximate surface area is 129 Å². The number of esters is 1. The van der Waals surface area contributed by atoms with E-state index in [9.17, 15) is 14.4 Å². The van der Waals surface area contributed by atoms with Gasteiger partial charge in [0, 0.05) is 12.5 Å². The molecule has 7 nitrogen and oxygen atoms in total. The number of carbonyl (C=O) groups excluding carboxylic acids is 3. The molecule has 5 atom stereocenters. The monoisotopic (exact) mass is 309 g/mol. The minimum atomic E-state index is -0.758. The fourth-order valence-corrected chi connectivity index (χ4v) is 3.59. The zero-order valence-electron chi connectivity index (χ0n) is 12.8. The summed E-state index contributed by atoms with van der Waals surface area (Å²) >= 11 is 0. The van der Waals surface area contributed by atoms with E-state index in [-0.39, 0.29) is 23.8 Å². The van der Waals surface area contributed by atoms with Gasteiger partial charge in [0.05, 0.1) is 13.2 Å². The Bertz CT molecular complexity index is 481. The van der Waals surface area contributed by atoms with E-state index in [0.29, 0.717) is 24.8 Å². The predicted octanol–water partition coefficient (Wildman–Crippen LogP) is -0.832. The fraction of sp³-hybridized carbons (Fsp3) is 0.800. The van der Waals surface area contributed by atoms with Gasteiger partial charge in [-0.15, -0.1) is 0 Å². The summed E-state index contributed by atoms with van der Waals surface area (Å²) in [4.78, 5) is 36.2. The van der Waals surface area contributed by atoms with Crippen molar-refractivity contribution < 1.29 is 19.1 Å². The number of piperidine rings is 2. The van der Waals surface area contributed by atoms with Gasteiger partial charge in [-0.1, -0.05) is 0 Å². The minimum Gasteiger partial charge on any atom is -0.467 e. The number of fused-ring (bicyclic) bond motifs is 1. The Morgan fingerprint density at radius 1 is 1.45 bits per heavy atom. The van der Waals surface area contributed by atoms with Crippen LogP contribution in [0.15, 0.2) is 0 Å². The molecule has 0 aromatic heterocycles. The summed E-state index contributed by atoms with van der Waals surface area (Å²) < 4.78 is 4.78. The van der Waals surface area contributed by atoms with Crippen LogP contribution in [0.25, 0.3) is 0 Å².